The number of carbonyl (C=O) groups is 1. The molecule has 1 N–H and O–H groups in total. The lowest BCUT2D eigenvalue weighted by Gasteiger charge is -2.15. The fourth-order valence-electron chi connectivity index (χ4n) is 2.33. The highest BCUT2D eigenvalue weighted by Crippen LogP contribution is 2.20. The van der Waals surface area contributed by atoms with Crippen molar-refractivity contribution in [3.05, 3.63) is 69.8 Å². The largest absolute Gasteiger partial charge is 0.325 e. The molecule has 0 aliphatic rings. The summed E-state index contributed by atoms with van der Waals surface area (Å²) < 4.78 is 0. The summed E-state index contributed by atoms with van der Waals surface area (Å²) in [6.45, 7) is 0.696. The summed E-state index contributed by atoms with van der Waals surface area (Å²) in [5.41, 5.74) is 2.09. The Kier molecular flexibility index (Phi) is 5.43. The van der Waals surface area contributed by atoms with Crippen LogP contribution in [0.15, 0.2) is 48.5 Å². The maximum Gasteiger partial charge on any atom is 0.273 e. The zero-order chi connectivity index (χ0) is 16.8. The molecule has 0 aliphatic carbocycles. The second-order valence-corrected chi connectivity index (χ2v) is 5.51. The molecule has 2 rings (SSSR count). The number of nitro benzene ring substituents is 1. The minimum Gasteiger partial charge on any atom is -0.325 e. The first kappa shape index (κ1) is 16.6. The fraction of sp³-hybridized carbons (Fsp3) is 0.235. The molecule has 0 radical (unpaired) electrons. The smallest absolute Gasteiger partial charge is 0.273 e. The molecule has 0 unspecified atom stereocenters. The van der Waals surface area contributed by atoms with Crippen molar-refractivity contribution in [2.24, 2.45) is 0 Å². The van der Waals surface area contributed by atoms with Crippen molar-refractivity contribution in [2.45, 2.75) is 13.0 Å². The summed E-state index contributed by atoms with van der Waals surface area (Å²) in [4.78, 5) is 24.8. The van der Waals surface area contributed by atoms with Crippen LogP contribution in [0, 0.1) is 10.1 Å². The molecule has 23 heavy (non-hydrogen) atoms. The molecule has 2 aromatic carbocycles. The van der Waals surface area contributed by atoms with Crippen LogP contribution in [0.1, 0.15) is 11.1 Å². The van der Waals surface area contributed by atoms with Crippen LogP contribution >= 0.6 is 0 Å². The molecule has 2 aromatic rings. The van der Waals surface area contributed by atoms with Gasteiger partial charge in [-0.05, 0) is 25.7 Å². The predicted molar refractivity (Wildman–Crippen MR) is 89.3 cm³/mol. The van der Waals surface area contributed by atoms with Gasteiger partial charge in [0.2, 0.25) is 5.91 Å². The fourth-order valence-corrected chi connectivity index (χ4v) is 2.33. The van der Waals surface area contributed by atoms with Crippen molar-refractivity contribution in [2.75, 3.05) is 19.4 Å². The van der Waals surface area contributed by atoms with Crippen LogP contribution in [0.4, 0.5) is 11.4 Å². The van der Waals surface area contributed by atoms with E-state index in [0.717, 1.165) is 11.3 Å². The van der Waals surface area contributed by atoms with Crippen molar-refractivity contribution in [3.8, 4) is 0 Å². The van der Waals surface area contributed by atoms with E-state index in [9.17, 15) is 14.9 Å². The van der Waals surface area contributed by atoms with Gasteiger partial charge in [0.25, 0.3) is 5.69 Å². The van der Waals surface area contributed by atoms with E-state index in [1.165, 1.54) is 6.07 Å². The molecule has 0 bridgehead atoms. The van der Waals surface area contributed by atoms with Crippen LogP contribution < -0.4 is 5.32 Å². The highest BCUT2D eigenvalue weighted by Gasteiger charge is 2.16. The molecule has 0 aromatic heterocycles. The molecule has 0 aliphatic heterocycles. The molecular weight excluding hydrogens is 294 g/mol. The van der Waals surface area contributed by atoms with Gasteiger partial charge in [0.1, 0.15) is 0 Å². The molecule has 0 saturated heterocycles. The number of carbonyl (C=O) groups excluding carboxylic acids is 1. The average molecular weight is 313 g/mol. The van der Waals surface area contributed by atoms with Crippen LogP contribution in [0.2, 0.25) is 0 Å². The number of hydrogen-bond donors (Lipinski definition) is 1. The van der Waals surface area contributed by atoms with Crippen LogP contribution in [0.5, 0.6) is 0 Å². The maximum absolute atomic E-state index is 12.2. The lowest BCUT2D eigenvalue weighted by Crippen LogP contribution is -2.18. The van der Waals surface area contributed by atoms with E-state index < -0.39 is 4.92 Å². The maximum atomic E-state index is 12.2. The van der Waals surface area contributed by atoms with E-state index in [1.54, 1.807) is 18.2 Å². The standard InChI is InChI=1S/C17H19N3O3/c1-19(2)12-14-8-3-5-9-15(14)18-17(21)11-13-7-4-6-10-16(13)20(22)23/h3-10H,11-12H2,1-2H3,(H,18,21). The molecule has 1 amide bonds. The Balaban J connectivity index is 2.13. The van der Waals surface area contributed by atoms with E-state index in [0.29, 0.717) is 12.1 Å². The second-order valence-electron chi connectivity index (χ2n) is 5.51. The number of rotatable bonds is 6. The van der Waals surface area contributed by atoms with E-state index in [4.69, 9.17) is 0 Å². The third-order valence-corrected chi connectivity index (χ3v) is 3.32. The van der Waals surface area contributed by atoms with Crippen molar-refractivity contribution in [1.82, 2.24) is 4.90 Å². The molecule has 6 heteroatoms. The lowest BCUT2D eigenvalue weighted by molar-refractivity contribution is -0.385. The second kappa shape index (κ2) is 7.51. The number of para-hydroxylation sites is 2. The number of hydrogen-bond acceptors (Lipinski definition) is 4. The molecule has 0 atom stereocenters. The number of benzene rings is 2. The minimum atomic E-state index is -0.470. The van der Waals surface area contributed by atoms with Gasteiger partial charge in [-0.15, -0.1) is 0 Å². The Morgan fingerprint density at radius 1 is 1.09 bits per heavy atom. The van der Waals surface area contributed by atoms with Gasteiger partial charge in [-0.25, -0.2) is 0 Å². The Labute approximate surface area is 134 Å². The van der Waals surface area contributed by atoms with E-state index in [1.807, 2.05) is 43.3 Å². The predicted octanol–water partition coefficient (Wildman–Crippen LogP) is 2.84. The van der Waals surface area contributed by atoms with E-state index in [-0.39, 0.29) is 18.0 Å². The van der Waals surface area contributed by atoms with Gasteiger partial charge < -0.3 is 10.2 Å². The SMILES string of the molecule is CN(C)Cc1ccccc1NC(=O)Cc1ccccc1[N+](=O)[O-]. The number of anilines is 1. The lowest BCUT2D eigenvalue weighted by atomic mass is 10.1. The third-order valence-electron chi connectivity index (χ3n) is 3.32. The van der Waals surface area contributed by atoms with Crippen LogP contribution in [-0.2, 0) is 17.8 Å². The monoisotopic (exact) mass is 313 g/mol. The highest BCUT2D eigenvalue weighted by molar-refractivity contribution is 5.93. The molecule has 0 saturated carbocycles. The summed E-state index contributed by atoms with van der Waals surface area (Å²) >= 11 is 0. The van der Waals surface area contributed by atoms with Crippen molar-refractivity contribution in [1.29, 1.82) is 0 Å². The van der Waals surface area contributed by atoms with Crippen LogP contribution in [0.3, 0.4) is 0 Å². The van der Waals surface area contributed by atoms with Crippen molar-refractivity contribution >= 4 is 17.3 Å². The van der Waals surface area contributed by atoms with Crippen molar-refractivity contribution in [3.63, 3.8) is 0 Å². The van der Waals surface area contributed by atoms with Gasteiger partial charge in [0.15, 0.2) is 0 Å². The van der Waals surface area contributed by atoms with E-state index in [2.05, 4.69) is 5.32 Å². The summed E-state index contributed by atoms with van der Waals surface area (Å²) in [6.07, 6.45) is -0.0343. The minimum absolute atomic E-state index is 0.0343. The van der Waals surface area contributed by atoms with E-state index >= 15 is 0 Å². The number of nitrogens with zero attached hydrogens (tertiary/aromatic N) is 2. The van der Waals surface area contributed by atoms with Gasteiger partial charge in [-0.2, -0.15) is 0 Å². The Bertz CT molecular complexity index is 714. The number of nitrogens with one attached hydrogen (secondary N) is 1. The van der Waals surface area contributed by atoms with Crippen LogP contribution in [0.25, 0.3) is 0 Å². The first-order valence-electron chi connectivity index (χ1n) is 7.22. The molecule has 0 spiro atoms. The first-order chi connectivity index (χ1) is 11.0. The Morgan fingerprint density at radius 2 is 1.70 bits per heavy atom. The zero-order valence-electron chi connectivity index (χ0n) is 13.2. The normalized spacial score (nSPS) is 10.6. The molecule has 0 heterocycles. The Hall–Kier alpha value is -2.73. The topological polar surface area (TPSA) is 75.5 Å². The van der Waals surface area contributed by atoms with Crippen molar-refractivity contribution < 1.29 is 9.72 Å². The number of nitro groups is 1. The highest BCUT2D eigenvalue weighted by atomic mass is 16.6. The summed E-state index contributed by atoms with van der Waals surface area (Å²) in [6, 6.07) is 13.8. The van der Waals surface area contributed by atoms with Gasteiger partial charge in [-0.1, -0.05) is 36.4 Å². The zero-order valence-corrected chi connectivity index (χ0v) is 13.2. The quantitative estimate of drug-likeness (QED) is 0.657. The summed E-state index contributed by atoms with van der Waals surface area (Å²) in [7, 11) is 3.90. The molecular formula is C17H19N3O3. The molecule has 6 nitrogen and oxygen atoms in total. The van der Waals surface area contributed by atoms with Gasteiger partial charge in [0.05, 0.1) is 11.3 Å². The number of amides is 1. The van der Waals surface area contributed by atoms with Gasteiger partial charge in [0, 0.05) is 23.9 Å². The molecule has 120 valence electrons. The Morgan fingerprint density at radius 3 is 2.35 bits per heavy atom. The third kappa shape index (κ3) is 4.62. The summed E-state index contributed by atoms with van der Waals surface area (Å²) in [5.74, 6) is -0.273. The van der Waals surface area contributed by atoms with Crippen LogP contribution in [-0.4, -0.2) is 29.8 Å². The molecule has 0 fully saturated rings. The average Bonchev–Trinajstić information content (AvgIpc) is 2.49. The first-order valence-corrected chi connectivity index (χ1v) is 7.22. The van der Waals surface area contributed by atoms with Gasteiger partial charge in [-0.3, -0.25) is 14.9 Å². The van der Waals surface area contributed by atoms with Gasteiger partial charge >= 0.3 is 0 Å². The summed E-state index contributed by atoms with van der Waals surface area (Å²) in [5, 5.41) is 13.8.